The third-order valence-corrected chi connectivity index (χ3v) is 2.00. The topological polar surface area (TPSA) is 26.0 Å². The van der Waals surface area contributed by atoms with Crippen molar-refractivity contribution < 1.29 is 0 Å². The SMILES string of the molecule is CCc1c2ccc-2c1N. The summed E-state index contributed by atoms with van der Waals surface area (Å²) >= 11 is 0. The first-order valence-electron chi connectivity index (χ1n) is 3.26. The van der Waals surface area contributed by atoms with E-state index in [1.165, 1.54) is 16.7 Å². The van der Waals surface area contributed by atoms with Crippen molar-refractivity contribution in [2.75, 3.05) is 5.73 Å². The van der Waals surface area contributed by atoms with Gasteiger partial charge in [-0.15, -0.1) is 0 Å². The molecule has 0 unspecified atom stereocenters. The van der Waals surface area contributed by atoms with E-state index in [-0.39, 0.29) is 0 Å². The summed E-state index contributed by atoms with van der Waals surface area (Å²) in [6.07, 6.45) is 1.08. The van der Waals surface area contributed by atoms with Crippen molar-refractivity contribution in [3.8, 4) is 11.1 Å². The third kappa shape index (κ3) is 0.365. The lowest BCUT2D eigenvalue weighted by Crippen LogP contribution is -2.07. The molecule has 0 radical (unpaired) electrons. The first kappa shape index (κ1) is 4.86. The Kier molecular flexibility index (Phi) is 0.699. The fourth-order valence-corrected chi connectivity index (χ4v) is 1.37. The summed E-state index contributed by atoms with van der Waals surface area (Å²) in [5.41, 5.74) is 10.7. The van der Waals surface area contributed by atoms with Crippen molar-refractivity contribution in [2.45, 2.75) is 13.3 Å². The summed E-state index contributed by atoms with van der Waals surface area (Å²) in [5.74, 6) is 0. The zero-order valence-corrected chi connectivity index (χ0v) is 5.44. The van der Waals surface area contributed by atoms with Gasteiger partial charge in [0.25, 0.3) is 0 Å². The highest BCUT2D eigenvalue weighted by Crippen LogP contribution is 2.44. The van der Waals surface area contributed by atoms with Crippen molar-refractivity contribution in [3.05, 3.63) is 17.7 Å². The molecule has 0 saturated carbocycles. The lowest BCUT2D eigenvalue weighted by atomic mass is 9.82. The molecule has 0 spiro atoms. The van der Waals surface area contributed by atoms with Crippen molar-refractivity contribution in [3.63, 3.8) is 0 Å². The number of nitrogens with two attached hydrogens (primary N) is 1. The Labute approximate surface area is 54.5 Å². The quantitative estimate of drug-likeness (QED) is 0.569. The van der Waals surface area contributed by atoms with Gasteiger partial charge in [0.15, 0.2) is 0 Å². The molecule has 46 valence electrons. The van der Waals surface area contributed by atoms with Gasteiger partial charge in [0.2, 0.25) is 0 Å². The van der Waals surface area contributed by atoms with Crippen molar-refractivity contribution in [1.29, 1.82) is 0 Å². The molecule has 0 aromatic rings. The van der Waals surface area contributed by atoms with Crippen LogP contribution in [-0.2, 0) is 6.42 Å². The molecule has 0 amide bonds. The van der Waals surface area contributed by atoms with Crippen LogP contribution in [-0.4, -0.2) is 0 Å². The molecule has 0 bridgehead atoms. The third-order valence-electron chi connectivity index (χ3n) is 2.00. The van der Waals surface area contributed by atoms with Crippen LogP contribution >= 0.6 is 0 Å². The summed E-state index contributed by atoms with van der Waals surface area (Å²) in [6, 6.07) is 4.20. The minimum Gasteiger partial charge on any atom is -0.398 e. The molecule has 1 nitrogen and oxygen atoms in total. The number of nitrogen functional groups attached to an aromatic ring is 1. The molecule has 2 aliphatic carbocycles. The first-order chi connectivity index (χ1) is 4.34. The Balaban J connectivity index is 2.55. The number of fused-ring (bicyclic) bond motifs is 1. The van der Waals surface area contributed by atoms with Gasteiger partial charge in [0.1, 0.15) is 0 Å². The molecule has 0 heterocycles. The molecule has 0 aromatic heterocycles. The predicted molar refractivity (Wildman–Crippen MR) is 39.2 cm³/mol. The standard InChI is InChI=1S/C8H9N/c1-2-5-6-3-4-7(6)8(5)9/h3-4H,2,9H2,1H3. The van der Waals surface area contributed by atoms with Crippen molar-refractivity contribution in [2.24, 2.45) is 0 Å². The van der Waals surface area contributed by atoms with Crippen LogP contribution in [0.5, 0.6) is 0 Å². The smallest absolute Gasteiger partial charge is 0.0432 e. The number of hydrogen-bond acceptors (Lipinski definition) is 1. The van der Waals surface area contributed by atoms with Crippen LogP contribution in [0.15, 0.2) is 12.1 Å². The number of anilines is 1. The van der Waals surface area contributed by atoms with Gasteiger partial charge in [-0.05, 0) is 17.5 Å². The second kappa shape index (κ2) is 1.29. The molecule has 0 atom stereocenters. The van der Waals surface area contributed by atoms with Crippen LogP contribution in [0.3, 0.4) is 0 Å². The van der Waals surface area contributed by atoms with Crippen molar-refractivity contribution >= 4 is 5.69 Å². The maximum Gasteiger partial charge on any atom is 0.0432 e. The molecule has 0 aliphatic heterocycles. The molecule has 0 aromatic carbocycles. The zero-order chi connectivity index (χ0) is 6.43. The Bertz CT molecular complexity index is 264. The maximum absolute atomic E-state index is 5.69. The molecule has 2 rings (SSSR count). The molecule has 1 heteroatoms. The van der Waals surface area contributed by atoms with E-state index in [4.69, 9.17) is 5.73 Å². The zero-order valence-electron chi connectivity index (χ0n) is 5.44. The van der Waals surface area contributed by atoms with E-state index in [2.05, 4.69) is 19.1 Å². The summed E-state index contributed by atoms with van der Waals surface area (Å²) in [4.78, 5) is 0. The molecule has 2 N–H and O–H groups in total. The van der Waals surface area contributed by atoms with E-state index >= 15 is 0 Å². The van der Waals surface area contributed by atoms with E-state index in [9.17, 15) is 0 Å². The van der Waals surface area contributed by atoms with Gasteiger partial charge in [0, 0.05) is 11.3 Å². The summed E-state index contributed by atoms with van der Waals surface area (Å²) in [6.45, 7) is 2.14. The van der Waals surface area contributed by atoms with Gasteiger partial charge in [-0.25, -0.2) is 0 Å². The van der Waals surface area contributed by atoms with Crippen LogP contribution in [0, 0.1) is 0 Å². The lowest BCUT2D eigenvalue weighted by Gasteiger charge is -2.24. The predicted octanol–water partition coefficient (Wildman–Crippen LogP) is 1.81. The number of benzene rings is 1. The first-order valence-corrected chi connectivity index (χ1v) is 3.26. The average Bonchev–Trinajstić information content (AvgIpc) is 1.79. The van der Waals surface area contributed by atoms with E-state index in [0.29, 0.717) is 0 Å². The lowest BCUT2D eigenvalue weighted by molar-refractivity contribution is 1.12. The molecular formula is C8H9N. The summed E-state index contributed by atoms with van der Waals surface area (Å²) in [7, 11) is 0. The van der Waals surface area contributed by atoms with E-state index < -0.39 is 0 Å². The number of rotatable bonds is 1. The van der Waals surface area contributed by atoms with Gasteiger partial charge in [0.05, 0.1) is 0 Å². The minimum atomic E-state index is 1.02. The van der Waals surface area contributed by atoms with Crippen LogP contribution in [0.25, 0.3) is 11.1 Å². The Morgan fingerprint density at radius 1 is 1.33 bits per heavy atom. The molecular weight excluding hydrogens is 110 g/mol. The van der Waals surface area contributed by atoms with E-state index in [1.54, 1.807) is 0 Å². The Morgan fingerprint density at radius 3 is 2.22 bits per heavy atom. The fraction of sp³-hybridized carbons (Fsp3) is 0.250. The van der Waals surface area contributed by atoms with Crippen LogP contribution < -0.4 is 5.73 Å². The van der Waals surface area contributed by atoms with Crippen LogP contribution in [0.1, 0.15) is 12.5 Å². The van der Waals surface area contributed by atoms with Gasteiger partial charge in [-0.3, -0.25) is 0 Å². The van der Waals surface area contributed by atoms with Gasteiger partial charge in [-0.2, -0.15) is 0 Å². The van der Waals surface area contributed by atoms with E-state index in [0.717, 1.165) is 12.1 Å². The highest BCUT2D eigenvalue weighted by molar-refractivity contribution is 5.95. The summed E-state index contributed by atoms with van der Waals surface area (Å²) < 4.78 is 0. The second-order valence-electron chi connectivity index (χ2n) is 2.41. The van der Waals surface area contributed by atoms with Crippen LogP contribution in [0.2, 0.25) is 0 Å². The van der Waals surface area contributed by atoms with E-state index in [1.807, 2.05) is 0 Å². The number of hydrogen-bond donors (Lipinski definition) is 1. The largest absolute Gasteiger partial charge is 0.398 e. The van der Waals surface area contributed by atoms with Gasteiger partial charge in [-0.1, -0.05) is 19.1 Å². The average molecular weight is 119 g/mol. The highest BCUT2D eigenvalue weighted by atomic mass is 14.6. The normalized spacial score (nSPS) is 11.7. The minimum absolute atomic E-state index is 1.02. The van der Waals surface area contributed by atoms with Gasteiger partial charge < -0.3 is 5.73 Å². The fourth-order valence-electron chi connectivity index (χ4n) is 1.37. The molecule has 0 saturated heterocycles. The summed E-state index contributed by atoms with van der Waals surface area (Å²) in [5, 5.41) is 0. The molecule has 9 heavy (non-hydrogen) atoms. The highest BCUT2D eigenvalue weighted by Gasteiger charge is 2.21. The Hall–Kier alpha value is -0.980. The monoisotopic (exact) mass is 119 g/mol. The maximum atomic E-state index is 5.69. The second-order valence-corrected chi connectivity index (χ2v) is 2.41. The molecule has 0 fully saturated rings. The Morgan fingerprint density at radius 2 is 2.00 bits per heavy atom. The van der Waals surface area contributed by atoms with Gasteiger partial charge >= 0.3 is 0 Å². The molecule has 2 aliphatic rings. The van der Waals surface area contributed by atoms with Crippen LogP contribution in [0.4, 0.5) is 5.69 Å². The van der Waals surface area contributed by atoms with Crippen molar-refractivity contribution in [1.82, 2.24) is 0 Å².